The molecule has 132 valence electrons. The van der Waals surface area contributed by atoms with Crippen LogP contribution in [0.2, 0.25) is 0 Å². The Morgan fingerprint density at radius 1 is 1.20 bits per heavy atom. The average Bonchev–Trinajstić information content (AvgIpc) is 2.67. The van der Waals surface area contributed by atoms with Crippen LogP contribution in [0.5, 0.6) is 5.88 Å². The number of Topliss-reactive ketones (excluding diaryl/α,β-unsaturated/α-hetero) is 1. The second kappa shape index (κ2) is 8.10. The molecule has 3 rings (SSSR count). The third-order valence-electron chi connectivity index (χ3n) is 4.41. The van der Waals surface area contributed by atoms with E-state index in [1.807, 2.05) is 30.3 Å². The van der Waals surface area contributed by atoms with Crippen LogP contribution >= 0.6 is 0 Å². The molecule has 0 N–H and O–H groups in total. The van der Waals surface area contributed by atoms with Crippen molar-refractivity contribution in [3.8, 4) is 5.88 Å². The molecule has 0 atom stereocenters. The topological polar surface area (TPSA) is 55.3 Å². The number of piperidine rings is 1. The highest BCUT2D eigenvalue weighted by Crippen LogP contribution is 2.25. The molecular weight excluding hydrogens is 314 g/mol. The fourth-order valence-corrected chi connectivity index (χ4v) is 3.02. The van der Waals surface area contributed by atoms with Crippen LogP contribution in [0.1, 0.15) is 37.0 Å². The van der Waals surface area contributed by atoms with Crippen molar-refractivity contribution >= 4 is 11.6 Å². The second-order valence-corrected chi connectivity index (χ2v) is 6.91. The SMILES string of the molecule is CC(C)COc1cncc(N2CCC(C(=O)c3ccccc3)CC2)n1. The van der Waals surface area contributed by atoms with Crippen LogP contribution in [0.15, 0.2) is 42.7 Å². The van der Waals surface area contributed by atoms with E-state index in [9.17, 15) is 4.79 Å². The molecule has 2 heterocycles. The van der Waals surface area contributed by atoms with E-state index in [0.717, 1.165) is 37.3 Å². The van der Waals surface area contributed by atoms with Crippen molar-refractivity contribution in [2.75, 3.05) is 24.6 Å². The number of aromatic nitrogens is 2. The smallest absolute Gasteiger partial charge is 0.234 e. The highest BCUT2D eigenvalue weighted by Gasteiger charge is 2.26. The molecule has 0 bridgehead atoms. The van der Waals surface area contributed by atoms with Gasteiger partial charge in [-0.2, -0.15) is 4.98 Å². The van der Waals surface area contributed by atoms with Gasteiger partial charge < -0.3 is 9.64 Å². The van der Waals surface area contributed by atoms with E-state index in [1.54, 1.807) is 12.4 Å². The standard InChI is InChI=1S/C20H25N3O2/c1-15(2)14-25-19-13-21-12-18(22-19)23-10-8-17(9-11-23)20(24)16-6-4-3-5-7-16/h3-7,12-13,15,17H,8-11,14H2,1-2H3. The van der Waals surface area contributed by atoms with Gasteiger partial charge in [0, 0.05) is 24.6 Å². The Labute approximate surface area is 149 Å². The van der Waals surface area contributed by atoms with Crippen molar-refractivity contribution in [2.45, 2.75) is 26.7 Å². The number of hydrogen-bond acceptors (Lipinski definition) is 5. The summed E-state index contributed by atoms with van der Waals surface area (Å²) in [6, 6.07) is 9.57. The minimum atomic E-state index is 0.0898. The lowest BCUT2D eigenvalue weighted by molar-refractivity contribution is 0.0900. The van der Waals surface area contributed by atoms with Crippen molar-refractivity contribution in [1.29, 1.82) is 0 Å². The van der Waals surface area contributed by atoms with Gasteiger partial charge in [-0.1, -0.05) is 44.2 Å². The lowest BCUT2D eigenvalue weighted by Gasteiger charge is -2.32. The number of anilines is 1. The summed E-state index contributed by atoms with van der Waals surface area (Å²) in [6.07, 6.45) is 5.10. The Kier molecular flexibility index (Phi) is 5.64. The van der Waals surface area contributed by atoms with Crippen LogP contribution < -0.4 is 9.64 Å². The van der Waals surface area contributed by atoms with E-state index in [0.29, 0.717) is 18.4 Å². The van der Waals surface area contributed by atoms with Gasteiger partial charge in [-0.05, 0) is 18.8 Å². The summed E-state index contributed by atoms with van der Waals surface area (Å²) in [7, 11) is 0. The Balaban J connectivity index is 1.59. The Morgan fingerprint density at radius 2 is 1.92 bits per heavy atom. The molecule has 1 aliphatic rings. The predicted octanol–water partition coefficient (Wildman–Crippen LogP) is 3.61. The monoisotopic (exact) mass is 339 g/mol. The third kappa shape index (κ3) is 4.56. The van der Waals surface area contributed by atoms with Crippen molar-refractivity contribution in [2.24, 2.45) is 11.8 Å². The number of hydrogen-bond donors (Lipinski definition) is 0. The predicted molar refractivity (Wildman–Crippen MR) is 98.1 cm³/mol. The maximum Gasteiger partial charge on any atom is 0.234 e. The van der Waals surface area contributed by atoms with E-state index in [1.165, 1.54) is 0 Å². The zero-order valence-electron chi connectivity index (χ0n) is 14.9. The fraction of sp³-hybridized carbons (Fsp3) is 0.450. The van der Waals surface area contributed by atoms with Gasteiger partial charge in [-0.3, -0.25) is 9.78 Å². The van der Waals surface area contributed by atoms with Crippen molar-refractivity contribution in [1.82, 2.24) is 9.97 Å². The van der Waals surface area contributed by atoms with Crippen LogP contribution in [0.25, 0.3) is 0 Å². The minimum absolute atomic E-state index is 0.0898. The Hall–Kier alpha value is -2.43. The lowest BCUT2D eigenvalue weighted by Crippen LogP contribution is -2.37. The molecule has 1 fully saturated rings. The van der Waals surface area contributed by atoms with Crippen molar-refractivity contribution < 1.29 is 9.53 Å². The van der Waals surface area contributed by atoms with Crippen LogP contribution in [0, 0.1) is 11.8 Å². The molecule has 0 saturated carbocycles. The maximum absolute atomic E-state index is 12.6. The first kappa shape index (κ1) is 17.4. The molecule has 0 aliphatic carbocycles. The number of ether oxygens (including phenoxy) is 1. The molecule has 2 aromatic rings. The molecule has 1 saturated heterocycles. The van der Waals surface area contributed by atoms with E-state index in [4.69, 9.17) is 4.74 Å². The van der Waals surface area contributed by atoms with E-state index in [2.05, 4.69) is 28.7 Å². The van der Waals surface area contributed by atoms with Gasteiger partial charge in [0.25, 0.3) is 0 Å². The Bertz CT molecular complexity index is 695. The van der Waals surface area contributed by atoms with E-state index >= 15 is 0 Å². The lowest BCUT2D eigenvalue weighted by atomic mass is 9.89. The van der Waals surface area contributed by atoms with Gasteiger partial charge in [0.15, 0.2) is 11.6 Å². The molecule has 1 aromatic heterocycles. The zero-order valence-corrected chi connectivity index (χ0v) is 14.9. The summed E-state index contributed by atoms with van der Waals surface area (Å²) in [6.45, 7) is 6.46. The molecule has 5 nitrogen and oxygen atoms in total. The van der Waals surface area contributed by atoms with Gasteiger partial charge in [0.1, 0.15) is 0 Å². The van der Waals surface area contributed by atoms with E-state index < -0.39 is 0 Å². The molecular formula is C20H25N3O2. The summed E-state index contributed by atoms with van der Waals surface area (Å²) in [5.74, 6) is 2.18. The summed E-state index contributed by atoms with van der Waals surface area (Å²) in [4.78, 5) is 23.6. The summed E-state index contributed by atoms with van der Waals surface area (Å²) in [5, 5.41) is 0. The van der Waals surface area contributed by atoms with E-state index in [-0.39, 0.29) is 11.7 Å². The highest BCUT2D eigenvalue weighted by molar-refractivity contribution is 5.97. The van der Waals surface area contributed by atoms with Crippen molar-refractivity contribution in [3.63, 3.8) is 0 Å². The third-order valence-corrected chi connectivity index (χ3v) is 4.41. The average molecular weight is 339 g/mol. The van der Waals surface area contributed by atoms with Gasteiger partial charge in [0.05, 0.1) is 19.0 Å². The highest BCUT2D eigenvalue weighted by atomic mass is 16.5. The minimum Gasteiger partial charge on any atom is -0.476 e. The number of carbonyl (C=O) groups excluding carboxylic acids is 1. The molecule has 1 aliphatic heterocycles. The quantitative estimate of drug-likeness (QED) is 0.753. The maximum atomic E-state index is 12.6. The number of rotatable bonds is 6. The zero-order chi connectivity index (χ0) is 17.6. The first-order valence-corrected chi connectivity index (χ1v) is 8.92. The van der Waals surface area contributed by atoms with Gasteiger partial charge in [0.2, 0.25) is 5.88 Å². The summed E-state index contributed by atoms with van der Waals surface area (Å²) < 4.78 is 5.66. The van der Waals surface area contributed by atoms with Crippen LogP contribution in [-0.4, -0.2) is 35.4 Å². The fourth-order valence-electron chi connectivity index (χ4n) is 3.02. The second-order valence-electron chi connectivity index (χ2n) is 6.91. The molecule has 0 spiro atoms. The number of carbonyl (C=O) groups is 1. The summed E-state index contributed by atoms with van der Waals surface area (Å²) >= 11 is 0. The molecule has 0 amide bonds. The van der Waals surface area contributed by atoms with Gasteiger partial charge >= 0.3 is 0 Å². The number of benzene rings is 1. The van der Waals surface area contributed by atoms with Crippen LogP contribution in [0.3, 0.4) is 0 Å². The summed E-state index contributed by atoms with van der Waals surface area (Å²) in [5.41, 5.74) is 0.810. The van der Waals surface area contributed by atoms with Crippen LogP contribution in [0.4, 0.5) is 5.82 Å². The Morgan fingerprint density at radius 3 is 2.60 bits per heavy atom. The number of nitrogens with zero attached hydrogens (tertiary/aromatic N) is 3. The number of ketones is 1. The van der Waals surface area contributed by atoms with Gasteiger partial charge in [-0.15, -0.1) is 0 Å². The molecule has 5 heteroatoms. The molecule has 25 heavy (non-hydrogen) atoms. The normalized spacial score (nSPS) is 15.4. The van der Waals surface area contributed by atoms with Crippen LogP contribution in [-0.2, 0) is 0 Å². The molecule has 0 radical (unpaired) electrons. The van der Waals surface area contributed by atoms with Crippen molar-refractivity contribution in [3.05, 3.63) is 48.3 Å². The molecule has 0 unspecified atom stereocenters. The van der Waals surface area contributed by atoms with Gasteiger partial charge in [-0.25, -0.2) is 0 Å². The largest absolute Gasteiger partial charge is 0.476 e. The molecule has 1 aromatic carbocycles. The first-order valence-electron chi connectivity index (χ1n) is 8.92. The first-order chi connectivity index (χ1) is 12.1.